The molecule has 3 rings (SSSR count). The van der Waals surface area contributed by atoms with Crippen LogP contribution in [-0.4, -0.2) is 9.97 Å². The lowest BCUT2D eigenvalue weighted by atomic mass is 10.1. The predicted molar refractivity (Wildman–Crippen MR) is 79.8 cm³/mol. The molecule has 2 aromatic heterocycles. The van der Waals surface area contributed by atoms with Crippen molar-refractivity contribution in [3.63, 3.8) is 0 Å². The van der Waals surface area contributed by atoms with Crippen molar-refractivity contribution in [1.29, 1.82) is 0 Å². The van der Waals surface area contributed by atoms with Gasteiger partial charge in [-0.15, -0.1) is 0 Å². The molecule has 0 aliphatic rings. The number of fused-ring (bicyclic) bond motifs is 1. The van der Waals surface area contributed by atoms with Crippen LogP contribution >= 0.6 is 0 Å². The van der Waals surface area contributed by atoms with Crippen molar-refractivity contribution in [2.45, 2.75) is 27.3 Å². The highest BCUT2D eigenvalue weighted by Crippen LogP contribution is 2.28. The van der Waals surface area contributed by atoms with Crippen LogP contribution in [-0.2, 0) is 6.54 Å². The average molecular weight is 267 g/mol. The molecule has 0 aliphatic heterocycles. The second kappa shape index (κ2) is 4.96. The molecule has 102 valence electrons. The second-order valence-corrected chi connectivity index (χ2v) is 4.92. The molecule has 0 atom stereocenters. The predicted octanol–water partition coefficient (Wildman–Crippen LogP) is 3.76. The minimum atomic E-state index is 0.649. The highest BCUT2D eigenvalue weighted by molar-refractivity contribution is 5.93. The average Bonchev–Trinajstić information content (AvgIpc) is 2.85. The summed E-state index contributed by atoms with van der Waals surface area (Å²) in [6, 6.07) is 8.17. The lowest BCUT2D eigenvalue weighted by Crippen LogP contribution is -2.05. The fraction of sp³-hybridized carbons (Fsp3) is 0.250. The summed E-state index contributed by atoms with van der Waals surface area (Å²) in [5.74, 6) is 0.852. The van der Waals surface area contributed by atoms with Gasteiger partial charge in [0.05, 0.1) is 12.1 Å². The maximum Gasteiger partial charge on any atom is 0.181 e. The van der Waals surface area contributed by atoms with Crippen LogP contribution in [0.25, 0.3) is 10.9 Å². The fourth-order valence-electron chi connectivity index (χ4n) is 2.33. The zero-order chi connectivity index (χ0) is 14.1. The monoisotopic (exact) mass is 267 g/mol. The van der Waals surface area contributed by atoms with Gasteiger partial charge >= 0.3 is 0 Å². The molecule has 0 saturated heterocycles. The standard InChI is InChI=1S/C16H17N3O/c1-10-11(2)19-14-7-5-4-6-13(14)16(10)17-8-15-12(3)20-9-18-15/h4-7,9H,8H2,1-3H3,(H,17,19). The van der Waals surface area contributed by atoms with Gasteiger partial charge in [-0.2, -0.15) is 0 Å². The van der Waals surface area contributed by atoms with Crippen LogP contribution in [0, 0.1) is 20.8 Å². The number of hydrogen-bond donors (Lipinski definition) is 1. The molecule has 2 heterocycles. The van der Waals surface area contributed by atoms with E-state index in [1.165, 1.54) is 12.0 Å². The van der Waals surface area contributed by atoms with Crippen LogP contribution in [0.1, 0.15) is 22.7 Å². The zero-order valence-corrected chi connectivity index (χ0v) is 11.9. The van der Waals surface area contributed by atoms with E-state index in [1.807, 2.05) is 32.0 Å². The van der Waals surface area contributed by atoms with Crippen LogP contribution < -0.4 is 5.32 Å². The van der Waals surface area contributed by atoms with Crippen molar-refractivity contribution in [2.24, 2.45) is 0 Å². The van der Waals surface area contributed by atoms with Gasteiger partial charge in [-0.05, 0) is 32.4 Å². The molecule has 1 aromatic carbocycles. The number of benzene rings is 1. The van der Waals surface area contributed by atoms with Crippen LogP contribution in [0.4, 0.5) is 5.69 Å². The molecule has 1 N–H and O–H groups in total. The Labute approximate surface area is 117 Å². The van der Waals surface area contributed by atoms with Gasteiger partial charge in [0.2, 0.25) is 0 Å². The Hall–Kier alpha value is -2.36. The number of pyridine rings is 1. The van der Waals surface area contributed by atoms with Gasteiger partial charge in [0.25, 0.3) is 0 Å². The van der Waals surface area contributed by atoms with Crippen LogP contribution in [0.2, 0.25) is 0 Å². The topological polar surface area (TPSA) is 51.0 Å². The lowest BCUT2D eigenvalue weighted by Gasteiger charge is -2.14. The van der Waals surface area contributed by atoms with Gasteiger partial charge < -0.3 is 9.73 Å². The zero-order valence-electron chi connectivity index (χ0n) is 11.9. The molecular formula is C16H17N3O. The van der Waals surface area contributed by atoms with E-state index in [2.05, 4.69) is 28.3 Å². The normalized spacial score (nSPS) is 10.9. The quantitative estimate of drug-likeness (QED) is 0.785. The molecule has 0 saturated carbocycles. The van der Waals surface area contributed by atoms with E-state index in [-0.39, 0.29) is 0 Å². The first-order valence-corrected chi connectivity index (χ1v) is 6.65. The van der Waals surface area contributed by atoms with E-state index in [0.29, 0.717) is 6.54 Å². The van der Waals surface area contributed by atoms with Crippen molar-refractivity contribution in [3.05, 3.63) is 53.4 Å². The molecule has 0 spiro atoms. The first kappa shape index (κ1) is 12.7. The van der Waals surface area contributed by atoms with Gasteiger partial charge in [-0.25, -0.2) is 4.98 Å². The number of anilines is 1. The Morgan fingerprint density at radius 3 is 2.70 bits per heavy atom. The summed E-state index contributed by atoms with van der Waals surface area (Å²) in [4.78, 5) is 8.84. The number of oxazole rings is 1. The summed E-state index contributed by atoms with van der Waals surface area (Å²) in [5.41, 5.74) is 5.28. The third kappa shape index (κ3) is 2.13. The van der Waals surface area contributed by atoms with E-state index < -0.39 is 0 Å². The summed E-state index contributed by atoms with van der Waals surface area (Å²) in [5, 5.41) is 4.61. The molecule has 0 bridgehead atoms. The lowest BCUT2D eigenvalue weighted by molar-refractivity contribution is 0.524. The van der Waals surface area contributed by atoms with Crippen LogP contribution in [0.5, 0.6) is 0 Å². The molecule has 3 aromatic rings. The Kier molecular flexibility index (Phi) is 3.14. The maximum atomic E-state index is 5.23. The minimum absolute atomic E-state index is 0.649. The van der Waals surface area contributed by atoms with Gasteiger partial charge in [0.1, 0.15) is 11.5 Å². The number of rotatable bonds is 3. The summed E-state index contributed by atoms with van der Waals surface area (Å²) >= 11 is 0. The van der Waals surface area contributed by atoms with Gasteiger partial charge in [0.15, 0.2) is 6.39 Å². The highest BCUT2D eigenvalue weighted by atomic mass is 16.3. The smallest absolute Gasteiger partial charge is 0.181 e. The molecule has 20 heavy (non-hydrogen) atoms. The van der Waals surface area contributed by atoms with E-state index in [0.717, 1.165) is 33.7 Å². The molecule has 4 nitrogen and oxygen atoms in total. The summed E-state index contributed by atoms with van der Waals surface area (Å²) in [7, 11) is 0. The molecule has 0 fully saturated rings. The van der Waals surface area contributed by atoms with Crippen LogP contribution in [0.15, 0.2) is 35.1 Å². The van der Waals surface area contributed by atoms with Gasteiger partial charge in [0, 0.05) is 16.8 Å². The van der Waals surface area contributed by atoms with E-state index in [4.69, 9.17) is 4.42 Å². The molecule has 0 unspecified atom stereocenters. The number of nitrogens with zero attached hydrogens (tertiary/aromatic N) is 2. The summed E-state index contributed by atoms with van der Waals surface area (Å²) in [6.45, 7) is 6.70. The Morgan fingerprint density at radius 2 is 1.95 bits per heavy atom. The minimum Gasteiger partial charge on any atom is -0.448 e. The largest absolute Gasteiger partial charge is 0.448 e. The first-order valence-electron chi connectivity index (χ1n) is 6.65. The fourth-order valence-corrected chi connectivity index (χ4v) is 2.33. The van der Waals surface area contributed by atoms with Crippen molar-refractivity contribution < 1.29 is 4.42 Å². The van der Waals surface area contributed by atoms with E-state index in [9.17, 15) is 0 Å². The number of aromatic nitrogens is 2. The van der Waals surface area contributed by atoms with Crippen molar-refractivity contribution in [2.75, 3.05) is 5.32 Å². The number of aryl methyl sites for hydroxylation is 2. The summed E-state index contributed by atoms with van der Waals surface area (Å²) < 4.78 is 5.23. The Balaban J connectivity index is 2.02. The number of hydrogen-bond acceptors (Lipinski definition) is 4. The van der Waals surface area contributed by atoms with E-state index in [1.54, 1.807) is 0 Å². The Bertz CT molecular complexity index is 762. The van der Waals surface area contributed by atoms with Gasteiger partial charge in [-0.1, -0.05) is 18.2 Å². The third-order valence-electron chi connectivity index (χ3n) is 3.66. The molecule has 0 aliphatic carbocycles. The molecular weight excluding hydrogens is 250 g/mol. The van der Waals surface area contributed by atoms with E-state index >= 15 is 0 Å². The maximum absolute atomic E-state index is 5.23. The van der Waals surface area contributed by atoms with Crippen LogP contribution in [0.3, 0.4) is 0 Å². The number of para-hydroxylation sites is 1. The second-order valence-electron chi connectivity index (χ2n) is 4.92. The summed E-state index contributed by atoms with van der Waals surface area (Å²) in [6.07, 6.45) is 1.48. The molecule has 4 heteroatoms. The van der Waals surface area contributed by atoms with Crippen molar-refractivity contribution >= 4 is 16.6 Å². The molecule has 0 radical (unpaired) electrons. The Morgan fingerprint density at radius 1 is 1.15 bits per heavy atom. The van der Waals surface area contributed by atoms with Crippen molar-refractivity contribution in [1.82, 2.24) is 9.97 Å². The SMILES string of the molecule is Cc1nc2ccccc2c(NCc2ncoc2C)c1C. The van der Waals surface area contributed by atoms with Gasteiger partial charge in [-0.3, -0.25) is 4.98 Å². The third-order valence-corrected chi connectivity index (χ3v) is 3.66. The number of nitrogens with one attached hydrogen (secondary N) is 1. The first-order chi connectivity index (χ1) is 9.66. The molecule has 0 amide bonds. The highest BCUT2D eigenvalue weighted by Gasteiger charge is 2.10. The van der Waals surface area contributed by atoms with Crippen molar-refractivity contribution in [3.8, 4) is 0 Å².